The van der Waals surface area contributed by atoms with Crippen molar-refractivity contribution in [1.29, 1.82) is 0 Å². The van der Waals surface area contributed by atoms with E-state index in [1.807, 2.05) is 0 Å². The number of carbonyl (C=O) groups is 1. The van der Waals surface area contributed by atoms with Crippen LogP contribution >= 0.6 is 11.6 Å². The number of fused-ring (bicyclic) bond motifs is 3. The Hall–Kier alpha value is -1.52. The van der Waals surface area contributed by atoms with Gasteiger partial charge in [0, 0.05) is 10.9 Å². The zero-order chi connectivity index (χ0) is 15.7. The Morgan fingerprint density at radius 3 is 3.05 bits per heavy atom. The summed E-state index contributed by atoms with van der Waals surface area (Å²) in [4.78, 5) is 15.4. The summed E-state index contributed by atoms with van der Waals surface area (Å²) in [5, 5.41) is 1.19. The minimum Gasteiger partial charge on any atom is -0.466 e. The summed E-state index contributed by atoms with van der Waals surface area (Å²) in [6.45, 7) is 4.78. The van der Waals surface area contributed by atoms with Gasteiger partial charge in [-0.25, -0.2) is 0 Å². The molecule has 2 heterocycles. The molecule has 1 aromatic carbocycles. The number of hydrogen-bond acceptors (Lipinski definition) is 3. The maximum Gasteiger partial charge on any atom is 0.309 e. The number of hydrogen-bond donors (Lipinski definition) is 1. The Balaban J connectivity index is 2.09. The number of aromatic amines is 1. The lowest BCUT2D eigenvalue weighted by atomic mass is 9.90. The fourth-order valence-electron chi connectivity index (χ4n) is 3.17. The molecular weight excluding hydrogens is 302 g/mol. The Morgan fingerprint density at radius 2 is 2.32 bits per heavy atom. The average molecular weight is 322 g/mol. The normalized spacial score (nSPS) is 20.9. The zero-order valence-corrected chi connectivity index (χ0v) is 13.6. The van der Waals surface area contributed by atoms with Gasteiger partial charge >= 0.3 is 5.97 Å². The molecule has 0 aliphatic carbocycles. The van der Waals surface area contributed by atoms with Crippen molar-refractivity contribution in [2.75, 3.05) is 19.1 Å². The Labute approximate surface area is 134 Å². The molecule has 0 radical (unpaired) electrons. The fourth-order valence-corrected chi connectivity index (χ4v) is 3.47. The first-order valence-electron chi connectivity index (χ1n) is 7.57. The predicted molar refractivity (Wildman–Crippen MR) is 86.3 cm³/mol. The highest BCUT2D eigenvalue weighted by molar-refractivity contribution is 6.18. The molecule has 0 bridgehead atoms. The zero-order valence-electron chi connectivity index (χ0n) is 12.9. The van der Waals surface area contributed by atoms with Gasteiger partial charge in [-0.15, -0.1) is 11.6 Å². The maximum atomic E-state index is 12.0. The van der Waals surface area contributed by atoms with Crippen molar-refractivity contribution in [3.8, 4) is 0 Å². The van der Waals surface area contributed by atoms with E-state index >= 15 is 0 Å². The Morgan fingerprint density at radius 1 is 1.50 bits per heavy atom. The van der Waals surface area contributed by atoms with Crippen LogP contribution < -0.4 is 0 Å². The molecule has 1 atom stereocenters. The third-order valence-corrected chi connectivity index (χ3v) is 4.63. The van der Waals surface area contributed by atoms with E-state index in [1.54, 1.807) is 6.92 Å². The Bertz CT molecular complexity index is 709. The number of ether oxygens (including phenoxy) is 2. The smallest absolute Gasteiger partial charge is 0.309 e. The van der Waals surface area contributed by atoms with Gasteiger partial charge < -0.3 is 14.5 Å². The summed E-state index contributed by atoms with van der Waals surface area (Å²) in [5.74, 6) is -0.0733. The van der Waals surface area contributed by atoms with Gasteiger partial charge in [0.1, 0.15) is 5.60 Å². The summed E-state index contributed by atoms with van der Waals surface area (Å²) in [7, 11) is 0. The van der Waals surface area contributed by atoms with E-state index in [0.717, 1.165) is 17.6 Å². The van der Waals surface area contributed by atoms with E-state index < -0.39 is 5.60 Å². The van der Waals surface area contributed by atoms with Crippen LogP contribution in [0, 0.1) is 6.92 Å². The molecule has 1 aromatic heterocycles. The average Bonchev–Trinajstić information content (AvgIpc) is 2.87. The third-order valence-electron chi connectivity index (χ3n) is 4.20. The second-order valence-electron chi connectivity index (χ2n) is 5.74. The molecule has 0 spiro atoms. The molecule has 3 rings (SSSR count). The highest BCUT2D eigenvalue weighted by Crippen LogP contribution is 2.40. The van der Waals surface area contributed by atoms with Crippen LogP contribution in [-0.2, 0) is 26.3 Å². The topological polar surface area (TPSA) is 51.3 Å². The quantitative estimate of drug-likeness (QED) is 0.693. The third kappa shape index (κ3) is 2.50. The van der Waals surface area contributed by atoms with E-state index in [1.165, 1.54) is 16.5 Å². The first-order valence-corrected chi connectivity index (χ1v) is 8.10. The Kier molecular flexibility index (Phi) is 4.15. The molecular formula is C17H20ClNO3. The molecule has 1 unspecified atom stereocenters. The van der Waals surface area contributed by atoms with Crippen LogP contribution in [0.5, 0.6) is 0 Å². The molecule has 0 fully saturated rings. The van der Waals surface area contributed by atoms with Gasteiger partial charge in [0.15, 0.2) is 0 Å². The molecule has 0 amide bonds. The lowest BCUT2D eigenvalue weighted by Crippen LogP contribution is -2.40. The summed E-state index contributed by atoms with van der Waals surface area (Å²) in [5.41, 5.74) is 3.56. The number of alkyl halides is 1. The first kappa shape index (κ1) is 15.4. The summed E-state index contributed by atoms with van der Waals surface area (Å²) in [6, 6.07) is 6.30. The van der Waals surface area contributed by atoms with Crippen LogP contribution in [-0.4, -0.2) is 30.0 Å². The predicted octanol–water partition coefficient (Wildman–Crippen LogP) is 3.44. The minimum atomic E-state index is -0.825. The van der Waals surface area contributed by atoms with Crippen molar-refractivity contribution in [2.24, 2.45) is 0 Å². The highest BCUT2D eigenvalue weighted by atomic mass is 35.5. The van der Waals surface area contributed by atoms with Crippen molar-refractivity contribution < 1.29 is 14.3 Å². The molecule has 4 nitrogen and oxygen atoms in total. The largest absolute Gasteiger partial charge is 0.466 e. The second kappa shape index (κ2) is 5.94. The van der Waals surface area contributed by atoms with E-state index in [4.69, 9.17) is 21.1 Å². The van der Waals surface area contributed by atoms with Crippen molar-refractivity contribution in [2.45, 2.75) is 32.3 Å². The molecule has 5 heteroatoms. The molecule has 0 saturated heterocycles. The molecule has 118 valence electrons. The number of H-pyrrole nitrogens is 1. The van der Waals surface area contributed by atoms with Gasteiger partial charge in [0.2, 0.25) is 0 Å². The number of nitrogens with one attached hydrogen (secondary N) is 1. The van der Waals surface area contributed by atoms with Crippen LogP contribution in [0.15, 0.2) is 18.2 Å². The van der Waals surface area contributed by atoms with Gasteiger partial charge in [0.05, 0.1) is 31.2 Å². The molecule has 1 aliphatic rings. The van der Waals surface area contributed by atoms with E-state index in [-0.39, 0.29) is 18.3 Å². The van der Waals surface area contributed by atoms with E-state index in [9.17, 15) is 4.79 Å². The lowest BCUT2D eigenvalue weighted by Gasteiger charge is -2.35. The fraction of sp³-hybridized carbons (Fsp3) is 0.471. The number of esters is 1. The van der Waals surface area contributed by atoms with Crippen LogP contribution in [0.25, 0.3) is 10.9 Å². The molecule has 1 aliphatic heterocycles. The summed E-state index contributed by atoms with van der Waals surface area (Å²) in [6.07, 6.45) is 0.948. The van der Waals surface area contributed by atoms with Crippen molar-refractivity contribution in [3.05, 3.63) is 35.0 Å². The van der Waals surface area contributed by atoms with Crippen molar-refractivity contribution in [1.82, 2.24) is 4.98 Å². The molecule has 0 saturated carbocycles. The van der Waals surface area contributed by atoms with Crippen LogP contribution in [0.2, 0.25) is 0 Å². The van der Waals surface area contributed by atoms with Crippen molar-refractivity contribution >= 4 is 28.5 Å². The van der Waals surface area contributed by atoms with Crippen LogP contribution in [0.1, 0.15) is 30.2 Å². The van der Waals surface area contributed by atoms with Gasteiger partial charge in [-0.05, 0) is 38.0 Å². The first-order chi connectivity index (χ1) is 10.6. The number of aryl methyl sites for hydroxylation is 1. The van der Waals surface area contributed by atoms with Gasteiger partial charge in [0.25, 0.3) is 0 Å². The monoisotopic (exact) mass is 321 g/mol. The SMILES string of the molecule is CCOC(=O)CC1(CCl)OCCc2c1[nH]c1ccc(C)cc21. The molecule has 2 aromatic rings. The van der Waals surface area contributed by atoms with Gasteiger partial charge in [-0.2, -0.15) is 0 Å². The number of carbonyl (C=O) groups excluding carboxylic acids is 1. The van der Waals surface area contributed by atoms with E-state index in [0.29, 0.717) is 13.2 Å². The summed E-state index contributed by atoms with van der Waals surface area (Å²) >= 11 is 6.22. The standard InChI is InChI=1S/C17H20ClNO3/c1-3-21-15(20)9-17(10-18)16-12(6-7-22-17)13-8-11(2)4-5-14(13)19-16/h4-5,8,19H,3,6-7,9-10H2,1-2H3. The number of benzene rings is 1. The maximum absolute atomic E-state index is 12.0. The molecule has 22 heavy (non-hydrogen) atoms. The number of aromatic nitrogens is 1. The van der Waals surface area contributed by atoms with Gasteiger partial charge in [-0.3, -0.25) is 4.79 Å². The minimum absolute atomic E-state index is 0.128. The van der Waals surface area contributed by atoms with Crippen LogP contribution in [0.3, 0.4) is 0 Å². The lowest BCUT2D eigenvalue weighted by molar-refractivity contribution is -0.152. The highest BCUT2D eigenvalue weighted by Gasteiger charge is 2.42. The number of rotatable bonds is 4. The van der Waals surface area contributed by atoms with Gasteiger partial charge in [-0.1, -0.05) is 11.6 Å². The second-order valence-corrected chi connectivity index (χ2v) is 6.00. The van der Waals surface area contributed by atoms with Crippen LogP contribution in [0.4, 0.5) is 0 Å². The number of halogens is 1. The molecule has 1 N–H and O–H groups in total. The van der Waals surface area contributed by atoms with Crippen molar-refractivity contribution in [3.63, 3.8) is 0 Å². The van der Waals surface area contributed by atoms with E-state index in [2.05, 4.69) is 30.1 Å². The summed E-state index contributed by atoms with van der Waals surface area (Å²) < 4.78 is 11.0.